The average Bonchev–Trinajstić information content (AvgIpc) is 2.82. The molecular weight excluding hydrogens is 304 g/mol. The summed E-state index contributed by atoms with van der Waals surface area (Å²) in [5.74, 6) is 1.25. The standard InChI is InChI=1S/C19H18N2O3/c1-21-9-8-14-15(4-2-5-16(14)21)19(22)20-13-6-7-17-18(12-13)24-11-3-10-23-17/h2,4-9,12H,3,10-11H2,1H3,(H,20,22). The summed E-state index contributed by atoms with van der Waals surface area (Å²) < 4.78 is 13.3. The zero-order valence-electron chi connectivity index (χ0n) is 13.4. The molecule has 5 heteroatoms. The minimum Gasteiger partial charge on any atom is -0.490 e. The number of ether oxygens (including phenoxy) is 2. The Morgan fingerprint density at radius 1 is 1.08 bits per heavy atom. The number of aryl methyl sites for hydroxylation is 1. The van der Waals surface area contributed by atoms with Crippen LogP contribution >= 0.6 is 0 Å². The third-order valence-electron chi connectivity index (χ3n) is 4.18. The van der Waals surface area contributed by atoms with Gasteiger partial charge in [-0.3, -0.25) is 4.79 Å². The molecule has 3 aromatic rings. The van der Waals surface area contributed by atoms with Crippen LogP contribution in [0.5, 0.6) is 11.5 Å². The van der Waals surface area contributed by atoms with Crippen LogP contribution in [0.1, 0.15) is 16.8 Å². The zero-order valence-corrected chi connectivity index (χ0v) is 13.4. The Labute approximate surface area is 139 Å². The van der Waals surface area contributed by atoms with Crippen molar-refractivity contribution in [3.05, 3.63) is 54.2 Å². The van der Waals surface area contributed by atoms with Crippen molar-refractivity contribution in [3.63, 3.8) is 0 Å². The molecule has 0 spiro atoms. The molecule has 1 amide bonds. The van der Waals surface area contributed by atoms with Gasteiger partial charge in [-0.1, -0.05) is 6.07 Å². The average molecular weight is 322 g/mol. The molecule has 0 atom stereocenters. The quantitative estimate of drug-likeness (QED) is 0.784. The van der Waals surface area contributed by atoms with Crippen molar-refractivity contribution < 1.29 is 14.3 Å². The van der Waals surface area contributed by atoms with Crippen molar-refractivity contribution in [2.45, 2.75) is 6.42 Å². The Morgan fingerprint density at radius 3 is 2.79 bits per heavy atom. The van der Waals surface area contributed by atoms with Crippen LogP contribution in [-0.4, -0.2) is 23.7 Å². The summed E-state index contributed by atoms with van der Waals surface area (Å²) in [5, 5.41) is 3.88. The molecule has 5 nitrogen and oxygen atoms in total. The molecular formula is C19H18N2O3. The molecule has 0 unspecified atom stereocenters. The number of rotatable bonds is 2. The Morgan fingerprint density at radius 2 is 1.92 bits per heavy atom. The Hall–Kier alpha value is -2.95. The molecule has 122 valence electrons. The molecule has 0 radical (unpaired) electrons. The van der Waals surface area contributed by atoms with Gasteiger partial charge in [-0.2, -0.15) is 0 Å². The highest BCUT2D eigenvalue weighted by atomic mass is 16.5. The molecule has 1 aliphatic rings. The minimum absolute atomic E-state index is 0.138. The van der Waals surface area contributed by atoms with Crippen LogP contribution in [0.3, 0.4) is 0 Å². The first-order valence-corrected chi connectivity index (χ1v) is 7.97. The van der Waals surface area contributed by atoms with Crippen molar-refractivity contribution in [2.75, 3.05) is 18.5 Å². The first-order valence-electron chi connectivity index (χ1n) is 7.97. The maximum absolute atomic E-state index is 12.7. The molecule has 1 N–H and O–H groups in total. The predicted molar refractivity (Wildman–Crippen MR) is 92.9 cm³/mol. The summed E-state index contributed by atoms with van der Waals surface area (Å²) in [4.78, 5) is 12.7. The molecule has 0 fully saturated rings. The van der Waals surface area contributed by atoms with Gasteiger partial charge >= 0.3 is 0 Å². The van der Waals surface area contributed by atoms with E-state index in [1.54, 1.807) is 0 Å². The van der Waals surface area contributed by atoms with Gasteiger partial charge in [0.25, 0.3) is 5.91 Å². The molecule has 24 heavy (non-hydrogen) atoms. The largest absolute Gasteiger partial charge is 0.490 e. The predicted octanol–water partition coefficient (Wildman–Crippen LogP) is 3.59. The Bertz CT molecular complexity index is 914. The van der Waals surface area contributed by atoms with Crippen molar-refractivity contribution in [1.29, 1.82) is 0 Å². The van der Waals surface area contributed by atoms with Crippen LogP contribution in [-0.2, 0) is 7.05 Å². The van der Waals surface area contributed by atoms with Crippen molar-refractivity contribution in [3.8, 4) is 11.5 Å². The fourth-order valence-electron chi connectivity index (χ4n) is 2.94. The number of benzene rings is 2. The number of carbonyl (C=O) groups excluding carboxylic acids is 1. The molecule has 0 saturated carbocycles. The first kappa shape index (κ1) is 14.6. The van der Waals surface area contributed by atoms with E-state index < -0.39 is 0 Å². The highest BCUT2D eigenvalue weighted by Gasteiger charge is 2.14. The van der Waals surface area contributed by atoms with Gasteiger partial charge in [-0.15, -0.1) is 0 Å². The fourth-order valence-corrected chi connectivity index (χ4v) is 2.94. The topological polar surface area (TPSA) is 52.5 Å². The van der Waals surface area contributed by atoms with Gasteiger partial charge in [0, 0.05) is 47.9 Å². The normalized spacial score (nSPS) is 13.5. The van der Waals surface area contributed by atoms with E-state index in [1.807, 2.05) is 60.3 Å². The van der Waals surface area contributed by atoms with Crippen LogP contribution in [0.25, 0.3) is 10.9 Å². The van der Waals surface area contributed by atoms with E-state index >= 15 is 0 Å². The second-order valence-corrected chi connectivity index (χ2v) is 5.83. The summed E-state index contributed by atoms with van der Waals surface area (Å²) in [7, 11) is 1.97. The molecule has 1 aromatic heterocycles. The molecule has 4 rings (SSSR count). The summed E-state index contributed by atoms with van der Waals surface area (Å²) in [5.41, 5.74) is 2.37. The number of fused-ring (bicyclic) bond motifs is 2. The second kappa shape index (κ2) is 5.92. The molecule has 0 bridgehead atoms. The molecule has 1 aliphatic heterocycles. The van der Waals surface area contributed by atoms with E-state index in [1.165, 1.54) is 0 Å². The SMILES string of the molecule is Cn1ccc2c(C(=O)Nc3ccc4c(c3)OCCCO4)cccc21. The molecule has 2 aromatic carbocycles. The highest BCUT2D eigenvalue weighted by molar-refractivity contribution is 6.12. The lowest BCUT2D eigenvalue weighted by molar-refractivity contribution is 0.102. The zero-order chi connectivity index (χ0) is 16.5. The van der Waals surface area contributed by atoms with Crippen LogP contribution in [0.15, 0.2) is 48.7 Å². The minimum atomic E-state index is -0.138. The number of anilines is 1. The number of aromatic nitrogens is 1. The first-order chi connectivity index (χ1) is 11.7. The van der Waals surface area contributed by atoms with Gasteiger partial charge in [-0.25, -0.2) is 0 Å². The number of nitrogens with zero attached hydrogens (tertiary/aromatic N) is 1. The highest BCUT2D eigenvalue weighted by Crippen LogP contribution is 2.32. The van der Waals surface area contributed by atoms with Crippen molar-refractivity contribution in [1.82, 2.24) is 4.57 Å². The third kappa shape index (κ3) is 2.58. The van der Waals surface area contributed by atoms with E-state index in [0.29, 0.717) is 30.2 Å². The van der Waals surface area contributed by atoms with E-state index in [2.05, 4.69) is 5.32 Å². The number of nitrogens with one attached hydrogen (secondary N) is 1. The maximum atomic E-state index is 12.7. The Kier molecular flexibility index (Phi) is 3.61. The van der Waals surface area contributed by atoms with E-state index in [9.17, 15) is 4.79 Å². The Balaban J connectivity index is 1.63. The monoisotopic (exact) mass is 322 g/mol. The van der Waals surface area contributed by atoms with Crippen LogP contribution < -0.4 is 14.8 Å². The number of hydrogen-bond acceptors (Lipinski definition) is 3. The lowest BCUT2D eigenvalue weighted by atomic mass is 10.1. The second-order valence-electron chi connectivity index (χ2n) is 5.83. The van der Waals surface area contributed by atoms with E-state index in [-0.39, 0.29) is 5.91 Å². The number of hydrogen-bond donors (Lipinski definition) is 1. The van der Waals surface area contributed by atoms with Crippen molar-refractivity contribution >= 4 is 22.5 Å². The van der Waals surface area contributed by atoms with Gasteiger partial charge in [0.2, 0.25) is 0 Å². The summed E-state index contributed by atoms with van der Waals surface area (Å²) in [6.45, 7) is 1.27. The van der Waals surface area contributed by atoms with Gasteiger partial charge in [0.15, 0.2) is 11.5 Å². The number of amides is 1. The molecule has 2 heterocycles. The fraction of sp³-hybridized carbons (Fsp3) is 0.211. The smallest absolute Gasteiger partial charge is 0.256 e. The van der Waals surface area contributed by atoms with Crippen LogP contribution in [0.4, 0.5) is 5.69 Å². The lowest BCUT2D eigenvalue weighted by Crippen LogP contribution is -2.12. The van der Waals surface area contributed by atoms with Gasteiger partial charge in [0.05, 0.1) is 13.2 Å². The van der Waals surface area contributed by atoms with Crippen molar-refractivity contribution in [2.24, 2.45) is 7.05 Å². The van der Waals surface area contributed by atoms with Crippen LogP contribution in [0, 0.1) is 0 Å². The number of carbonyl (C=O) groups is 1. The lowest BCUT2D eigenvalue weighted by Gasteiger charge is -2.11. The van der Waals surface area contributed by atoms with E-state index in [4.69, 9.17) is 9.47 Å². The van der Waals surface area contributed by atoms with Gasteiger partial charge in [0.1, 0.15) is 0 Å². The van der Waals surface area contributed by atoms with Gasteiger partial charge in [-0.05, 0) is 30.3 Å². The van der Waals surface area contributed by atoms with Gasteiger partial charge < -0.3 is 19.4 Å². The summed E-state index contributed by atoms with van der Waals surface area (Å²) >= 11 is 0. The summed E-state index contributed by atoms with van der Waals surface area (Å²) in [6, 6.07) is 13.2. The maximum Gasteiger partial charge on any atom is 0.256 e. The summed E-state index contributed by atoms with van der Waals surface area (Å²) in [6.07, 6.45) is 2.81. The van der Waals surface area contributed by atoms with E-state index in [0.717, 1.165) is 23.1 Å². The molecule has 0 saturated heterocycles. The third-order valence-corrected chi connectivity index (χ3v) is 4.18. The molecule has 0 aliphatic carbocycles. The van der Waals surface area contributed by atoms with Crippen LogP contribution in [0.2, 0.25) is 0 Å².